The molecule has 1 aliphatic rings. The maximum Gasteiger partial charge on any atom is 0.338 e. The maximum atomic E-state index is 11.7. The van der Waals surface area contributed by atoms with Gasteiger partial charge in [-0.25, -0.2) is 4.79 Å². The highest BCUT2D eigenvalue weighted by atomic mass is 16.6. The quantitative estimate of drug-likeness (QED) is 0.423. The van der Waals surface area contributed by atoms with Crippen molar-refractivity contribution < 1.29 is 14.3 Å². The van der Waals surface area contributed by atoms with Crippen molar-refractivity contribution in [1.29, 1.82) is 0 Å². The maximum absolute atomic E-state index is 11.7. The number of ether oxygens (including phenoxy) is 2. The summed E-state index contributed by atoms with van der Waals surface area (Å²) in [5.41, 5.74) is 1.01. The molecule has 1 saturated heterocycles. The van der Waals surface area contributed by atoms with E-state index in [2.05, 4.69) is 6.92 Å². The molecule has 18 heavy (non-hydrogen) atoms. The summed E-state index contributed by atoms with van der Waals surface area (Å²) < 4.78 is 10.6. The summed E-state index contributed by atoms with van der Waals surface area (Å²) >= 11 is 0. The number of epoxide rings is 1. The predicted molar refractivity (Wildman–Crippen MR) is 69.0 cm³/mol. The van der Waals surface area contributed by atoms with Crippen molar-refractivity contribution in [1.82, 2.24) is 0 Å². The first-order valence-corrected chi connectivity index (χ1v) is 6.67. The van der Waals surface area contributed by atoms with Crippen molar-refractivity contribution in [2.75, 3.05) is 0 Å². The van der Waals surface area contributed by atoms with Crippen LogP contribution < -0.4 is 0 Å². The number of benzene rings is 1. The third-order valence-corrected chi connectivity index (χ3v) is 3.13. The second-order valence-corrected chi connectivity index (χ2v) is 4.68. The first-order chi connectivity index (χ1) is 8.81. The van der Waals surface area contributed by atoms with E-state index in [0.717, 1.165) is 18.4 Å². The summed E-state index contributed by atoms with van der Waals surface area (Å²) in [6, 6.07) is 9.70. The average molecular weight is 248 g/mol. The lowest BCUT2D eigenvalue weighted by Gasteiger charge is -2.02. The Morgan fingerprint density at radius 3 is 2.78 bits per heavy atom. The Labute approximate surface area is 108 Å². The van der Waals surface area contributed by atoms with Gasteiger partial charge < -0.3 is 9.47 Å². The normalized spacial score (nSPS) is 21.6. The molecule has 1 aromatic carbocycles. The molecule has 1 aromatic rings. The summed E-state index contributed by atoms with van der Waals surface area (Å²) in [4.78, 5) is 11.7. The first-order valence-electron chi connectivity index (χ1n) is 6.67. The van der Waals surface area contributed by atoms with E-state index in [1.54, 1.807) is 0 Å². The van der Waals surface area contributed by atoms with Crippen LogP contribution in [0.3, 0.4) is 0 Å². The van der Waals surface area contributed by atoms with Crippen LogP contribution in [0.4, 0.5) is 0 Å². The molecule has 0 radical (unpaired) electrons. The summed E-state index contributed by atoms with van der Waals surface area (Å²) in [6.07, 6.45) is 4.27. The Hall–Kier alpha value is -1.35. The molecule has 0 amide bonds. The van der Waals surface area contributed by atoms with Gasteiger partial charge in [-0.1, -0.05) is 56.5 Å². The van der Waals surface area contributed by atoms with Crippen molar-refractivity contribution in [2.45, 2.75) is 51.4 Å². The number of hydrogen-bond acceptors (Lipinski definition) is 3. The van der Waals surface area contributed by atoms with Crippen molar-refractivity contribution in [2.24, 2.45) is 0 Å². The van der Waals surface area contributed by atoms with Crippen LogP contribution in [0.5, 0.6) is 0 Å². The van der Waals surface area contributed by atoms with Gasteiger partial charge in [-0.15, -0.1) is 0 Å². The van der Waals surface area contributed by atoms with E-state index < -0.39 is 0 Å². The summed E-state index contributed by atoms with van der Waals surface area (Å²) in [5, 5.41) is 0. The highest BCUT2D eigenvalue weighted by Gasteiger charge is 2.45. The van der Waals surface area contributed by atoms with Crippen LogP contribution in [0.25, 0.3) is 0 Å². The third-order valence-electron chi connectivity index (χ3n) is 3.13. The smallest absolute Gasteiger partial charge is 0.338 e. The molecule has 0 unspecified atom stereocenters. The Bertz CT molecular complexity index is 375. The van der Waals surface area contributed by atoms with E-state index in [-0.39, 0.29) is 18.2 Å². The van der Waals surface area contributed by atoms with Crippen LogP contribution in [-0.4, -0.2) is 18.2 Å². The van der Waals surface area contributed by atoms with E-state index >= 15 is 0 Å². The number of esters is 1. The molecule has 0 aliphatic carbocycles. The minimum Gasteiger partial charge on any atom is -0.459 e. The molecular weight excluding hydrogens is 228 g/mol. The molecule has 3 nitrogen and oxygen atoms in total. The zero-order valence-corrected chi connectivity index (χ0v) is 10.8. The highest BCUT2D eigenvalue weighted by molar-refractivity contribution is 5.77. The summed E-state index contributed by atoms with van der Waals surface area (Å²) in [5.74, 6) is -0.222. The third kappa shape index (κ3) is 3.84. The monoisotopic (exact) mass is 248 g/mol. The minimum atomic E-state index is -0.314. The number of carbonyl (C=O) groups excluding carboxylic acids is 1. The molecule has 1 aliphatic heterocycles. The zero-order valence-electron chi connectivity index (χ0n) is 10.8. The molecule has 1 heterocycles. The van der Waals surface area contributed by atoms with Crippen LogP contribution >= 0.6 is 0 Å². The number of carbonyl (C=O) groups is 1. The van der Waals surface area contributed by atoms with E-state index in [9.17, 15) is 4.79 Å². The molecule has 1 fully saturated rings. The van der Waals surface area contributed by atoms with Gasteiger partial charge in [0.1, 0.15) is 6.61 Å². The first kappa shape index (κ1) is 13.1. The number of unbranched alkanes of at least 4 members (excludes halogenated alkanes) is 2. The van der Waals surface area contributed by atoms with Gasteiger partial charge in [-0.3, -0.25) is 0 Å². The highest BCUT2D eigenvalue weighted by Crippen LogP contribution is 2.28. The van der Waals surface area contributed by atoms with Gasteiger partial charge in [0.15, 0.2) is 6.10 Å². The Morgan fingerprint density at radius 1 is 1.28 bits per heavy atom. The second kappa shape index (κ2) is 6.55. The van der Waals surface area contributed by atoms with E-state index in [0.29, 0.717) is 6.61 Å². The summed E-state index contributed by atoms with van der Waals surface area (Å²) in [7, 11) is 0. The summed E-state index contributed by atoms with van der Waals surface area (Å²) in [6.45, 7) is 2.50. The van der Waals surface area contributed by atoms with Crippen molar-refractivity contribution in [3.8, 4) is 0 Å². The van der Waals surface area contributed by atoms with E-state index in [4.69, 9.17) is 9.47 Å². The van der Waals surface area contributed by atoms with Gasteiger partial charge >= 0.3 is 5.97 Å². The Morgan fingerprint density at radius 2 is 2.06 bits per heavy atom. The largest absolute Gasteiger partial charge is 0.459 e. The van der Waals surface area contributed by atoms with Gasteiger partial charge in [-0.2, -0.15) is 0 Å². The molecular formula is C15H20O3. The van der Waals surface area contributed by atoms with Crippen molar-refractivity contribution in [3.05, 3.63) is 35.9 Å². The Kier molecular flexibility index (Phi) is 4.76. The Balaban J connectivity index is 1.65. The molecule has 0 saturated carbocycles. The zero-order chi connectivity index (χ0) is 12.8. The number of hydrogen-bond donors (Lipinski definition) is 0. The molecule has 2 rings (SSSR count). The SMILES string of the molecule is CCCCC[C@H]1O[C@H]1C(=O)OCc1ccccc1. The lowest BCUT2D eigenvalue weighted by atomic mass is 10.1. The second-order valence-electron chi connectivity index (χ2n) is 4.68. The molecule has 0 N–H and O–H groups in total. The topological polar surface area (TPSA) is 38.8 Å². The lowest BCUT2D eigenvalue weighted by molar-refractivity contribution is -0.146. The predicted octanol–water partition coefficient (Wildman–Crippen LogP) is 3.08. The molecule has 0 spiro atoms. The van der Waals surface area contributed by atoms with Crippen LogP contribution in [0.15, 0.2) is 30.3 Å². The molecule has 0 aromatic heterocycles. The van der Waals surface area contributed by atoms with E-state index in [1.165, 1.54) is 12.8 Å². The fraction of sp³-hybridized carbons (Fsp3) is 0.533. The average Bonchev–Trinajstić information content (AvgIpc) is 3.17. The molecule has 2 atom stereocenters. The van der Waals surface area contributed by atoms with Crippen LogP contribution in [0.1, 0.15) is 38.2 Å². The van der Waals surface area contributed by atoms with Gasteiger partial charge in [0.2, 0.25) is 0 Å². The fourth-order valence-corrected chi connectivity index (χ4v) is 1.98. The molecule has 98 valence electrons. The van der Waals surface area contributed by atoms with Crippen LogP contribution in [-0.2, 0) is 20.9 Å². The molecule has 0 bridgehead atoms. The standard InChI is InChI=1S/C15H20O3/c1-2-3-5-10-13-14(18-13)15(16)17-11-12-8-6-4-7-9-12/h4,6-9,13-14H,2-3,5,10-11H2,1H3/t13-,14-/m1/s1. The lowest BCUT2D eigenvalue weighted by Crippen LogP contribution is -2.14. The van der Waals surface area contributed by atoms with Gasteiger partial charge in [0.25, 0.3) is 0 Å². The van der Waals surface area contributed by atoms with Gasteiger partial charge in [0.05, 0.1) is 6.10 Å². The minimum absolute atomic E-state index is 0.0971. The van der Waals surface area contributed by atoms with Crippen molar-refractivity contribution in [3.63, 3.8) is 0 Å². The van der Waals surface area contributed by atoms with Gasteiger partial charge in [0, 0.05) is 0 Å². The van der Waals surface area contributed by atoms with E-state index in [1.807, 2.05) is 30.3 Å². The molecule has 3 heteroatoms. The van der Waals surface area contributed by atoms with Crippen molar-refractivity contribution >= 4 is 5.97 Å². The van der Waals surface area contributed by atoms with Crippen LogP contribution in [0, 0.1) is 0 Å². The van der Waals surface area contributed by atoms with Gasteiger partial charge in [-0.05, 0) is 12.0 Å². The number of rotatable bonds is 7. The van der Waals surface area contributed by atoms with Crippen LogP contribution in [0.2, 0.25) is 0 Å². The fourth-order valence-electron chi connectivity index (χ4n) is 1.98.